The fraction of sp³-hybridized carbons (Fsp3) is 0.182. The van der Waals surface area contributed by atoms with Crippen LogP contribution in [0.25, 0.3) is 10.8 Å². The van der Waals surface area contributed by atoms with E-state index < -0.39 is 5.91 Å². The number of hydrogen-bond donors (Lipinski definition) is 2. The molecule has 1 amide bonds. The molecule has 0 atom stereocenters. The average Bonchev–Trinajstić information content (AvgIpc) is 2.64. The first-order valence-electron chi connectivity index (χ1n) is 8.68. The third-order valence-electron chi connectivity index (χ3n) is 4.11. The Bertz CT molecular complexity index is 947. The van der Waals surface area contributed by atoms with Crippen molar-refractivity contribution in [3.05, 3.63) is 77.9 Å². The lowest BCUT2D eigenvalue weighted by molar-refractivity contribution is 0.0952. The molecule has 0 unspecified atom stereocenters. The highest BCUT2D eigenvalue weighted by Gasteiger charge is 2.13. The van der Waals surface area contributed by atoms with Crippen LogP contribution < -0.4 is 5.43 Å². The number of nitrogens with zero attached hydrogens (tertiary/aromatic N) is 1. The van der Waals surface area contributed by atoms with Crippen LogP contribution in [0.2, 0.25) is 0 Å². The number of benzene rings is 3. The van der Waals surface area contributed by atoms with Gasteiger partial charge in [0.25, 0.3) is 5.91 Å². The summed E-state index contributed by atoms with van der Waals surface area (Å²) in [5.74, 6) is -0.0770. The molecule has 0 spiro atoms. The van der Waals surface area contributed by atoms with E-state index >= 15 is 0 Å². The Kier molecular flexibility index (Phi) is 5.32. The largest absolute Gasteiger partial charge is 0.507 e. The lowest BCUT2D eigenvalue weighted by Crippen LogP contribution is -2.21. The number of hydrogen-bond acceptors (Lipinski definition) is 3. The molecule has 4 heteroatoms. The number of fused-ring (bicyclic) bond motifs is 1. The number of phenols is 1. The Balaban J connectivity index is 1.88. The maximum Gasteiger partial charge on any atom is 0.275 e. The van der Waals surface area contributed by atoms with E-state index in [9.17, 15) is 9.90 Å². The molecule has 3 aromatic carbocycles. The first-order chi connectivity index (χ1) is 12.5. The number of rotatable bonds is 5. The Morgan fingerprint density at radius 1 is 1.00 bits per heavy atom. The van der Waals surface area contributed by atoms with Gasteiger partial charge in [-0.1, -0.05) is 68.4 Å². The molecule has 132 valence electrons. The maximum absolute atomic E-state index is 12.6. The topological polar surface area (TPSA) is 61.7 Å². The summed E-state index contributed by atoms with van der Waals surface area (Å²) in [6, 6.07) is 20.7. The van der Waals surface area contributed by atoms with Crippen molar-refractivity contribution in [2.75, 3.05) is 0 Å². The van der Waals surface area contributed by atoms with E-state index in [0.29, 0.717) is 5.92 Å². The second-order valence-corrected chi connectivity index (χ2v) is 6.68. The number of aromatic hydroxyl groups is 1. The number of carbonyl (C=O) groups is 1. The minimum Gasteiger partial charge on any atom is -0.507 e. The third kappa shape index (κ3) is 4.09. The number of hydrazone groups is 1. The SMILES string of the molecule is CC(C)CC(=NNC(=O)c1cc2ccccc2cc1O)c1ccccc1. The van der Waals surface area contributed by atoms with Gasteiger partial charge in [0, 0.05) is 0 Å². The van der Waals surface area contributed by atoms with Gasteiger partial charge in [0.05, 0.1) is 11.3 Å². The molecule has 0 aliphatic heterocycles. The van der Waals surface area contributed by atoms with Gasteiger partial charge in [-0.25, -0.2) is 5.43 Å². The lowest BCUT2D eigenvalue weighted by Gasteiger charge is -2.11. The first kappa shape index (κ1) is 17.7. The molecule has 0 radical (unpaired) electrons. The van der Waals surface area contributed by atoms with E-state index in [1.807, 2.05) is 54.6 Å². The van der Waals surface area contributed by atoms with Crippen LogP contribution in [-0.4, -0.2) is 16.7 Å². The number of amides is 1. The molecule has 0 aliphatic rings. The van der Waals surface area contributed by atoms with Crippen LogP contribution in [0.15, 0.2) is 71.8 Å². The minimum atomic E-state index is -0.426. The fourth-order valence-corrected chi connectivity index (χ4v) is 2.83. The van der Waals surface area contributed by atoms with Crippen LogP contribution in [0.4, 0.5) is 0 Å². The van der Waals surface area contributed by atoms with Crippen molar-refractivity contribution in [1.82, 2.24) is 5.43 Å². The van der Waals surface area contributed by atoms with Crippen molar-refractivity contribution in [2.24, 2.45) is 11.0 Å². The minimum absolute atomic E-state index is 0.0541. The van der Waals surface area contributed by atoms with E-state index in [0.717, 1.165) is 28.5 Å². The molecule has 4 nitrogen and oxygen atoms in total. The molecule has 0 aliphatic carbocycles. The Hall–Kier alpha value is -3.14. The molecular weight excluding hydrogens is 324 g/mol. The van der Waals surface area contributed by atoms with E-state index in [-0.39, 0.29) is 11.3 Å². The van der Waals surface area contributed by atoms with Crippen molar-refractivity contribution in [3.63, 3.8) is 0 Å². The number of phenolic OH excluding ortho intramolecular Hbond substituents is 1. The number of nitrogens with one attached hydrogen (secondary N) is 1. The van der Waals surface area contributed by atoms with Crippen LogP contribution in [0.3, 0.4) is 0 Å². The van der Waals surface area contributed by atoms with Crippen molar-refractivity contribution >= 4 is 22.4 Å². The fourth-order valence-electron chi connectivity index (χ4n) is 2.83. The molecule has 0 bridgehead atoms. The van der Waals surface area contributed by atoms with Crippen LogP contribution in [-0.2, 0) is 0 Å². The van der Waals surface area contributed by atoms with Crippen LogP contribution in [0.1, 0.15) is 36.2 Å². The summed E-state index contributed by atoms with van der Waals surface area (Å²) in [7, 11) is 0. The van der Waals surface area contributed by atoms with Gasteiger partial charge >= 0.3 is 0 Å². The van der Waals surface area contributed by atoms with Gasteiger partial charge in [-0.15, -0.1) is 0 Å². The summed E-state index contributed by atoms with van der Waals surface area (Å²) in [5.41, 5.74) is 4.60. The highest BCUT2D eigenvalue weighted by Crippen LogP contribution is 2.25. The molecule has 3 rings (SSSR count). The second kappa shape index (κ2) is 7.83. The highest BCUT2D eigenvalue weighted by atomic mass is 16.3. The zero-order chi connectivity index (χ0) is 18.5. The zero-order valence-electron chi connectivity index (χ0n) is 14.9. The van der Waals surface area contributed by atoms with Crippen LogP contribution in [0, 0.1) is 5.92 Å². The molecule has 0 saturated heterocycles. The van der Waals surface area contributed by atoms with Gasteiger partial charge in [0.2, 0.25) is 0 Å². The standard InChI is InChI=1S/C22H22N2O2/c1-15(2)12-20(16-8-4-3-5-9-16)23-24-22(26)19-13-17-10-6-7-11-18(17)14-21(19)25/h3-11,13-15,25H,12H2,1-2H3,(H,24,26). The van der Waals surface area contributed by atoms with E-state index in [1.165, 1.54) is 0 Å². The average molecular weight is 346 g/mol. The predicted octanol–water partition coefficient (Wildman–Crippen LogP) is 4.73. The molecule has 0 saturated carbocycles. The molecule has 3 aromatic rings. The summed E-state index contributed by atoms with van der Waals surface area (Å²) in [6.07, 6.45) is 0.744. The first-order valence-corrected chi connectivity index (χ1v) is 8.68. The van der Waals surface area contributed by atoms with Gasteiger partial charge in [-0.3, -0.25) is 4.79 Å². The normalized spacial score (nSPS) is 11.7. The lowest BCUT2D eigenvalue weighted by atomic mass is 10.0. The summed E-state index contributed by atoms with van der Waals surface area (Å²) in [5, 5.41) is 16.3. The Labute approximate surface area is 153 Å². The molecular formula is C22H22N2O2. The Morgan fingerprint density at radius 2 is 1.62 bits per heavy atom. The third-order valence-corrected chi connectivity index (χ3v) is 4.11. The maximum atomic E-state index is 12.6. The molecule has 26 heavy (non-hydrogen) atoms. The molecule has 2 N–H and O–H groups in total. The van der Waals surface area contributed by atoms with E-state index in [1.54, 1.807) is 12.1 Å². The predicted molar refractivity (Wildman–Crippen MR) is 106 cm³/mol. The molecule has 0 aromatic heterocycles. The number of carbonyl (C=O) groups excluding carboxylic acids is 1. The van der Waals surface area contributed by atoms with E-state index in [2.05, 4.69) is 24.4 Å². The van der Waals surface area contributed by atoms with Gasteiger partial charge in [0.15, 0.2) is 0 Å². The van der Waals surface area contributed by atoms with Crippen molar-refractivity contribution in [3.8, 4) is 5.75 Å². The molecule has 0 heterocycles. The zero-order valence-corrected chi connectivity index (χ0v) is 14.9. The van der Waals surface area contributed by atoms with Crippen molar-refractivity contribution in [1.29, 1.82) is 0 Å². The van der Waals surface area contributed by atoms with Gasteiger partial charge in [0.1, 0.15) is 5.75 Å². The van der Waals surface area contributed by atoms with Crippen molar-refractivity contribution < 1.29 is 9.90 Å². The van der Waals surface area contributed by atoms with Gasteiger partial charge < -0.3 is 5.11 Å². The second-order valence-electron chi connectivity index (χ2n) is 6.68. The van der Waals surface area contributed by atoms with Crippen molar-refractivity contribution in [2.45, 2.75) is 20.3 Å². The van der Waals surface area contributed by atoms with Gasteiger partial charge in [-0.2, -0.15) is 5.10 Å². The highest BCUT2D eigenvalue weighted by molar-refractivity contribution is 6.04. The van der Waals surface area contributed by atoms with E-state index in [4.69, 9.17) is 0 Å². The van der Waals surface area contributed by atoms with Gasteiger partial charge in [-0.05, 0) is 40.8 Å². The monoisotopic (exact) mass is 346 g/mol. The quantitative estimate of drug-likeness (QED) is 0.518. The summed E-state index contributed by atoms with van der Waals surface area (Å²) in [4.78, 5) is 12.6. The summed E-state index contributed by atoms with van der Waals surface area (Å²) in [6.45, 7) is 4.21. The molecule has 0 fully saturated rings. The van der Waals surface area contributed by atoms with Crippen LogP contribution >= 0.6 is 0 Å². The smallest absolute Gasteiger partial charge is 0.275 e. The Morgan fingerprint density at radius 3 is 2.27 bits per heavy atom. The summed E-state index contributed by atoms with van der Waals surface area (Å²) < 4.78 is 0. The summed E-state index contributed by atoms with van der Waals surface area (Å²) >= 11 is 0. The van der Waals surface area contributed by atoms with Crippen LogP contribution in [0.5, 0.6) is 5.75 Å².